The van der Waals surface area contributed by atoms with Crippen molar-refractivity contribution in [2.24, 2.45) is 0 Å². The van der Waals surface area contributed by atoms with E-state index in [0.717, 1.165) is 37.8 Å². The van der Waals surface area contributed by atoms with Crippen LogP contribution in [0.1, 0.15) is 31.2 Å². The van der Waals surface area contributed by atoms with Gasteiger partial charge in [0.05, 0.1) is 6.10 Å². The lowest BCUT2D eigenvalue weighted by Gasteiger charge is -2.28. The van der Waals surface area contributed by atoms with Crippen LogP contribution in [-0.2, 0) is 11.3 Å². The van der Waals surface area contributed by atoms with Crippen LogP contribution < -0.4 is 10.1 Å². The van der Waals surface area contributed by atoms with Crippen LogP contribution >= 0.6 is 11.6 Å². The number of pyridine rings is 1. The van der Waals surface area contributed by atoms with Crippen molar-refractivity contribution >= 4 is 11.6 Å². The van der Waals surface area contributed by atoms with E-state index in [0.29, 0.717) is 17.0 Å². The summed E-state index contributed by atoms with van der Waals surface area (Å²) in [6.07, 6.45) is 6.43. The van der Waals surface area contributed by atoms with E-state index in [9.17, 15) is 0 Å². The third kappa shape index (κ3) is 4.06. The van der Waals surface area contributed by atoms with Gasteiger partial charge in [0.15, 0.2) is 0 Å². The Bertz CT molecular complexity index is 414. The Labute approximate surface area is 119 Å². The molecule has 0 saturated heterocycles. The topological polar surface area (TPSA) is 43.4 Å². The molecular formula is C14H21ClN2O2. The summed E-state index contributed by atoms with van der Waals surface area (Å²) in [6, 6.07) is 1.90. The average Bonchev–Trinajstić information content (AvgIpc) is 2.42. The van der Waals surface area contributed by atoms with Crippen molar-refractivity contribution in [1.29, 1.82) is 0 Å². The van der Waals surface area contributed by atoms with Gasteiger partial charge in [-0.2, -0.15) is 0 Å². The van der Waals surface area contributed by atoms with Crippen LogP contribution in [0.25, 0.3) is 0 Å². The molecule has 1 aromatic rings. The summed E-state index contributed by atoms with van der Waals surface area (Å²) < 4.78 is 11.3. The number of halogens is 1. The van der Waals surface area contributed by atoms with Gasteiger partial charge < -0.3 is 14.8 Å². The fraction of sp³-hybridized carbons (Fsp3) is 0.643. The lowest BCUT2D eigenvalue weighted by molar-refractivity contribution is 0.0195. The first-order valence-corrected chi connectivity index (χ1v) is 7.09. The van der Waals surface area contributed by atoms with Crippen LogP contribution in [-0.4, -0.2) is 31.3 Å². The average molecular weight is 285 g/mol. The van der Waals surface area contributed by atoms with Gasteiger partial charge in [0.2, 0.25) is 5.88 Å². The zero-order valence-corrected chi connectivity index (χ0v) is 12.2. The van der Waals surface area contributed by atoms with Gasteiger partial charge >= 0.3 is 0 Å². The second-order valence-corrected chi connectivity index (χ2v) is 5.33. The molecule has 1 aliphatic carbocycles. The molecule has 106 valence electrons. The normalized spacial score (nSPS) is 23.3. The molecule has 0 aromatic carbocycles. The van der Waals surface area contributed by atoms with Crippen molar-refractivity contribution in [1.82, 2.24) is 10.3 Å². The van der Waals surface area contributed by atoms with Gasteiger partial charge in [-0.3, -0.25) is 0 Å². The highest BCUT2D eigenvalue weighted by Crippen LogP contribution is 2.28. The predicted molar refractivity (Wildman–Crippen MR) is 75.7 cm³/mol. The Morgan fingerprint density at radius 3 is 2.89 bits per heavy atom. The fourth-order valence-electron chi connectivity index (χ4n) is 2.43. The van der Waals surface area contributed by atoms with Crippen LogP contribution in [0.3, 0.4) is 0 Å². The number of aromatic nitrogens is 1. The van der Waals surface area contributed by atoms with Crippen LogP contribution in [0.15, 0.2) is 12.3 Å². The lowest BCUT2D eigenvalue weighted by atomic mass is 9.95. The Kier molecular flexibility index (Phi) is 5.43. The highest BCUT2D eigenvalue weighted by molar-refractivity contribution is 6.31. The quantitative estimate of drug-likeness (QED) is 0.903. The van der Waals surface area contributed by atoms with E-state index in [-0.39, 0.29) is 6.10 Å². The summed E-state index contributed by atoms with van der Waals surface area (Å²) in [7, 11) is 3.65. The minimum Gasteiger partial charge on any atom is -0.473 e. The van der Waals surface area contributed by atoms with E-state index in [2.05, 4.69) is 10.3 Å². The minimum absolute atomic E-state index is 0.152. The third-order valence-electron chi connectivity index (χ3n) is 3.43. The standard InChI is InChI=1S/C14H21ClN2O2/c1-16-8-10-6-13(15)14(17-9-10)19-12-5-3-4-11(7-12)18-2/h6,9,11-12,16H,3-5,7-8H2,1-2H3. The molecule has 5 heteroatoms. The molecule has 2 atom stereocenters. The summed E-state index contributed by atoms with van der Waals surface area (Å²) in [6.45, 7) is 0.752. The monoisotopic (exact) mass is 284 g/mol. The van der Waals surface area contributed by atoms with E-state index in [4.69, 9.17) is 21.1 Å². The molecule has 19 heavy (non-hydrogen) atoms. The van der Waals surface area contributed by atoms with Crippen molar-refractivity contribution in [3.63, 3.8) is 0 Å². The van der Waals surface area contributed by atoms with E-state index in [1.165, 1.54) is 0 Å². The van der Waals surface area contributed by atoms with Crippen molar-refractivity contribution in [2.45, 2.75) is 44.4 Å². The smallest absolute Gasteiger partial charge is 0.232 e. The fourth-order valence-corrected chi connectivity index (χ4v) is 2.67. The zero-order chi connectivity index (χ0) is 13.7. The first-order chi connectivity index (χ1) is 9.22. The molecule has 1 fully saturated rings. The molecule has 1 aromatic heterocycles. The lowest BCUT2D eigenvalue weighted by Crippen LogP contribution is -2.29. The first-order valence-electron chi connectivity index (χ1n) is 6.71. The number of nitrogens with zero attached hydrogens (tertiary/aromatic N) is 1. The molecule has 2 rings (SSSR count). The molecule has 1 N–H and O–H groups in total. The van der Waals surface area contributed by atoms with Crippen molar-refractivity contribution in [2.75, 3.05) is 14.2 Å². The molecule has 1 saturated carbocycles. The SMILES string of the molecule is CNCc1cnc(OC2CCCC(OC)C2)c(Cl)c1. The second kappa shape index (κ2) is 7.08. The number of hydrogen-bond donors (Lipinski definition) is 1. The van der Waals surface area contributed by atoms with E-state index < -0.39 is 0 Å². The Hall–Kier alpha value is -0.840. The molecule has 0 spiro atoms. The highest BCUT2D eigenvalue weighted by atomic mass is 35.5. The van der Waals surface area contributed by atoms with Gasteiger partial charge in [-0.15, -0.1) is 0 Å². The summed E-state index contributed by atoms with van der Waals surface area (Å²) >= 11 is 6.21. The van der Waals surface area contributed by atoms with E-state index >= 15 is 0 Å². The number of ether oxygens (including phenoxy) is 2. The maximum absolute atomic E-state index is 6.21. The Morgan fingerprint density at radius 2 is 2.21 bits per heavy atom. The number of methoxy groups -OCH3 is 1. The van der Waals surface area contributed by atoms with Gasteiger partial charge in [-0.25, -0.2) is 4.98 Å². The first kappa shape index (κ1) is 14.6. The Morgan fingerprint density at radius 1 is 1.42 bits per heavy atom. The van der Waals surface area contributed by atoms with Gasteiger partial charge in [0, 0.05) is 26.3 Å². The molecule has 0 radical (unpaired) electrons. The molecule has 0 bridgehead atoms. The molecule has 0 aliphatic heterocycles. The van der Waals surface area contributed by atoms with Gasteiger partial charge in [0.25, 0.3) is 0 Å². The maximum Gasteiger partial charge on any atom is 0.232 e. The molecule has 0 amide bonds. The summed E-state index contributed by atoms with van der Waals surface area (Å²) in [5.41, 5.74) is 1.05. The van der Waals surface area contributed by atoms with Gasteiger partial charge in [-0.05, 0) is 37.9 Å². The van der Waals surface area contributed by atoms with Gasteiger partial charge in [0.1, 0.15) is 11.1 Å². The molecule has 4 nitrogen and oxygen atoms in total. The maximum atomic E-state index is 6.21. The van der Waals surface area contributed by atoms with Gasteiger partial charge in [-0.1, -0.05) is 11.6 Å². The second-order valence-electron chi connectivity index (χ2n) is 4.93. The molecule has 2 unspecified atom stereocenters. The van der Waals surface area contributed by atoms with Crippen LogP contribution in [0.5, 0.6) is 5.88 Å². The van der Waals surface area contributed by atoms with Crippen molar-refractivity contribution < 1.29 is 9.47 Å². The van der Waals surface area contributed by atoms with E-state index in [1.807, 2.05) is 13.1 Å². The number of rotatable bonds is 5. The minimum atomic E-state index is 0.152. The van der Waals surface area contributed by atoms with Crippen molar-refractivity contribution in [3.05, 3.63) is 22.8 Å². The summed E-state index contributed by atoms with van der Waals surface area (Å²) in [5.74, 6) is 0.531. The highest BCUT2D eigenvalue weighted by Gasteiger charge is 2.24. The summed E-state index contributed by atoms with van der Waals surface area (Å²) in [5, 5.41) is 3.65. The van der Waals surface area contributed by atoms with Crippen molar-refractivity contribution in [3.8, 4) is 5.88 Å². The van der Waals surface area contributed by atoms with Crippen LogP contribution in [0.4, 0.5) is 0 Å². The van der Waals surface area contributed by atoms with Crippen LogP contribution in [0, 0.1) is 0 Å². The predicted octanol–water partition coefficient (Wildman–Crippen LogP) is 2.79. The summed E-state index contributed by atoms with van der Waals surface area (Å²) in [4.78, 5) is 4.31. The Balaban J connectivity index is 1.98. The van der Waals surface area contributed by atoms with E-state index in [1.54, 1.807) is 13.3 Å². The largest absolute Gasteiger partial charge is 0.473 e. The molecular weight excluding hydrogens is 264 g/mol. The third-order valence-corrected chi connectivity index (χ3v) is 3.71. The molecule has 1 aliphatic rings. The molecule has 1 heterocycles. The zero-order valence-electron chi connectivity index (χ0n) is 11.5. The van der Waals surface area contributed by atoms with Crippen LogP contribution in [0.2, 0.25) is 5.02 Å². The number of nitrogens with one attached hydrogen (secondary N) is 1. The number of hydrogen-bond acceptors (Lipinski definition) is 4.